The second kappa shape index (κ2) is 14.2. The number of allylic oxidation sites excluding steroid dienone is 1. The van der Waals surface area contributed by atoms with Gasteiger partial charge < -0.3 is 9.47 Å². The van der Waals surface area contributed by atoms with Gasteiger partial charge in [0, 0.05) is 6.61 Å². The summed E-state index contributed by atoms with van der Waals surface area (Å²) in [4.78, 5) is 0. The highest BCUT2D eigenvalue weighted by molar-refractivity contribution is 9.13. The number of unbranched alkanes of at least 4 members (excludes halogenated alkanes) is 10. The minimum Gasteiger partial charge on any atom is -0.494 e. The third-order valence-electron chi connectivity index (χ3n) is 5.42. The highest BCUT2D eigenvalue weighted by Crippen LogP contribution is 2.47. The topological polar surface area (TPSA) is 18.5 Å². The van der Waals surface area contributed by atoms with Crippen LogP contribution in [0.15, 0.2) is 23.5 Å². The fourth-order valence-electron chi connectivity index (χ4n) is 3.46. The maximum atomic E-state index is 6.28. The molecule has 0 radical (unpaired) electrons. The second-order valence-corrected chi connectivity index (χ2v) is 11.1. The predicted molar refractivity (Wildman–Crippen MR) is 129 cm³/mol. The number of hydrogen-bond donors (Lipinski definition) is 0. The maximum absolute atomic E-state index is 6.28. The van der Waals surface area contributed by atoms with Crippen molar-refractivity contribution in [2.75, 3.05) is 13.2 Å². The molecule has 0 aromatic carbocycles. The van der Waals surface area contributed by atoms with Gasteiger partial charge in [-0.05, 0) is 60.3 Å². The van der Waals surface area contributed by atoms with E-state index >= 15 is 0 Å². The average Bonchev–Trinajstić information content (AvgIpc) is 2.64. The quantitative estimate of drug-likeness (QED) is 0.149. The summed E-state index contributed by atoms with van der Waals surface area (Å²) < 4.78 is 11.5. The Balaban J connectivity index is 2.41. The number of ether oxygens (including phenoxy) is 2. The van der Waals surface area contributed by atoms with Crippen LogP contribution in [0, 0.1) is 0 Å². The molecule has 2 atom stereocenters. The van der Waals surface area contributed by atoms with E-state index in [1.165, 1.54) is 64.2 Å². The summed E-state index contributed by atoms with van der Waals surface area (Å²) in [7, 11) is 0. The first-order valence-corrected chi connectivity index (χ1v) is 13.0. The van der Waals surface area contributed by atoms with Crippen molar-refractivity contribution in [3.05, 3.63) is 23.5 Å². The van der Waals surface area contributed by atoms with Crippen molar-refractivity contribution in [2.45, 2.75) is 114 Å². The molecule has 164 valence electrons. The Hall–Kier alpha value is 0.200. The van der Waals surface area contributed by atoms with E-state index in [9.17, 15) is 0 Å². The van der Waals surface area contributed by atoms with Crippen LogP contribution in [-0.4, -0.2) is 22.0 Å². The molecular formula is C24H42Br2O2. The smallest absolute Gasteiger partial charge is 0.160 e. The van der Waals surface area contributed by atoms with E-state index in [1.807, 2.05) is 0 Å². The standard InChI is InChI=1S/C24H42Br2O2/c1-5-7-9-11-13-15-17-27-22-20-23(4,25)24(26,19-21(22)3)28-18-16-14-12-10-8-6-2/h19-20H,5-18H2,1-4H3. The number of hydrogen-bond acceptors (Lipinski definition) is 2. The lowest BCUT2D eigenvalue weighted by Crippen LogP contribution is -2.44. The van der Waals surface area contributed by atoms with Gasteiger partial charge in [0.15, 0.2) is 4.51 Å². The minimum absolute atomic E-state index is 0.335. The van der Waals surface area contributed by atoms with Crippen molar-refractivity contribution in [1.82, 2.24) is 0 Å². The largest absolute Gasteiger partial charge is 0.494 e. The van der Waals surface area contributed by atoms with Gasteiger partial charge in [-0.2, -0.15) is 0 Å². The predicted octanol–water partition coefficient (Wildman–Crippen LogP) is 8.83. The molecule has 0 heterocycles. The molecule has 1 aliphatic rings. The zero-order valence-corrected chi connectivity index (χ0v) is 21.8. The molecule has 0 spiro atoms. The molecule has 0 saturated heterocycles. The van der Waals surface area contributed by atoms with Crippen molar-refractivity contribution in [3.8, 4) is 0 Å². The van der Waals surface area contributed by atoms with Crippen molar-refractivity contribution in [2.24, 2.45) is 0 Å². The van der Waals surface area contributed by atoms with E-state index in [0.29, 0.717) is 0 Å². The van der Waals surface area contributed by atoms with Crippen LogP contribution >= 0.6 is 31.9 Å². The first-order chi connectivity index (χ1) is 13.4. The van der Waals surface area contributed by atoms with Crippen LogP contribution in [0.3, 0.4) is 0 Å². The van der Waals surface area contributed by atoms with Crippen molar-refractivity contribution >= 4 is 31.9 Å². The van der Waals surface area contributed by atoms with E-state index in [0.717, 1.165) is 37.4 Å². The molecule has 4 heteroatoms. The van der Waals surface area contributed by atoms with Crippen molar-refractivity contribution in [1.29, 1.82) is 0 Å². The summed E-state index contributed by atoms with van der Waals surface area (Å²) in [6.45, 7) is 10.3. The highest BCUT2D eigenvalue weighted by Gasteiger charge is 2.46. The molecule has 0 bridgehead atoms. The summed E-state index contributed by atoms with van der Waals surface area (Å²) in [6.07, 6.45) is 19.7. The van der Waals surface area contributed by atoms with Crippen LogP contribution < -0.4 is 0 Å². The molecule has 0 N–H and O–H groups in total. The van der Waals surface area contributed by atoms with Gasteiger partial charge in [0.25, 0.3) is 0 Å². The minimum atomic E-state index is -0.527. The van der Waals surface area contributed by atoms with Crippen LogP contribution in [0.25, 0.3) is 0 Å². The summed E-state index contributed by atoms with van der Waals surface area (Å²) in [5.74, 6) is 0.978. The molecule has 0 fully saturated rings. The normalized spacial score (nSPS) is 24.8. The molecule has 2 nitrogen and oxygen atoms in total. The second-order valence-electron chi connectivity index (χ2n) is 8.29. The van der Waals surface area contributed by atoms with Gasteiger partial charge in [0.2, 0.25) is 0 Å². The van der Waals surface area contributed by atoms with Gasteiger partial charge in [-0.1, -0.05) is 94.0 Å². The summed E-state index contributed by atoms with van der Waals surface area (Å²) in [5, 5.41) is 0. The Kier molecular flexibility index (Phi) is 13.4. The van der Waals surface area contributed by atoms with Gasteiger partial charge in [-0.25, -0.2) is 0 Å². The molecule has 0 amide bonds. The molecule has 2 unspecified atom stereocenters. The summed E-state index contributed by atoms with van der Waals surface area (Å²) >= 11 is 7.72. The first kappa shape index (κ1) is 26.2. The van der Waals surface area contributed by atoms with Gasteiger partial charge >= 0.3 is 0 Å². The average molecular weight is 522 g/mol. The third kappa shape index (κ3) is 9.34. The Labute approximate surface area is 191 Å². The lowest BCUT2D eigenvalue weighted by molar-refractivity contribution is 0.0460. The van der Waals surface area contributed by atoms with E-state index in [4.69, 9.17) is 9.47 Å². The Morgan fingerprint density at radius 2 is 1.25 bits per heavy atom. The van der Waals surface area contributed by atoms with Crippen molar-refractivity contribution in [3.63, 3.8) is 0 Å². The van der Waals surface area contributed by atoms with Gasteiger partial charge in [-0.3, -0.25) is 0 Å². The summed E-state index contributed by atoms with van der Waals surface area (Å²) in [6, 6.07) is 0. The Bertz CT molecular complexity index is 485. The molecule has 1 rings (SSSR count). The van der Waals surface area contributed by atoms with Crippen molar-refractivity contribution < 1.29 is 9.47 Å². The molecule has 0 saturated carbocycles. The van der Waals surface area contributed by atoms with Gasteiger partial charge in [0.1, 0.15) is 5.76 Å². The third-order valence-corrected chi connectivity index (χ3v) is 8.06. The Morgan fingerprint density at radius 1 is 0.750 bits per heavy atom. The van der Waals surface area contributed by atoms with Crippen LogP contribution in [0.4, 0.5) is 0 Å². The van der Waals surface area contributed by atoms with Crippen LogP contribution in [-0.2, 0) is 9.47 Å². The zero-order valence-electron chi connectivity index (χ0n) is 18.6. The lowest BCUT2D eigenvalue weighted by Gasteiger charge is -2.40. The van der Waals surface area contributed by atoms with Crippen LogP contribution in [0.1, 0.15) is 105 Å². The fraction of sp³-hybridized carbons (Fsp3) is 0.833. The number of halogens is 2. The van der Waals surface area contributed by atoms with Gasteiger partial charge in [-0.15, -0.1) is 0 Å². The van der Waals surface area contributed by atoms with E-state index in [-0.39, 0.29) is 4.32 Å². The molecule has 0 aliphatic heterocycles. The monoisotopic (exact) mass is 520 g/mol. The lowest BCUT2D eigenvalue weighted by atomic mass is 9.94. The maximum Gasteiger partial charge on any atom is 0.160 e. The summed E-state index contributed by atoms with van der Waals surface area (Å²) in [5.41, 5.74) is 1.14. The van der Waals surface area contributed by atoms with Crippen LogP contribution in [0.5, 0.6) is 0 Å². The highest BCUT2D eigenvalue weighted by atomic mass is 79.9. The van der Waals surface area contributed by atoms with Crippen LogP contribution in [0.2, 0.25) is 0 Å². The molecule has 1 aliphatic carbocycles. The SMILES string of the molecule is CCCCCCCCOC1=CC(C)(Br)C(Br)(OCCCCCCCC)C=C1C. The van der Waals surface area contributed by atoms with E-state index in [1.54, 1.807) is 0 Å². The van der Waals surface area contributed by atoms with E-state index in [2.05, 4.69) is 71.7 Å². The Morgan fingerprint density at radius 3 is 1.82 bits per heavy atom. The molecule has 0 aromatic heterocycles. The molecular weight excluding hydrogens is 480 g/mol. The first-order valence-electron chi connectivity index (χ1n) is 11.4. The molecule has 28 heavy (non-hydrogen) atoms. The fourth-order valence-corrected chi connectivity index (χ4v) is 4.51. The van der Waals surface area contributed by atoms with Gasteiger partial charge in [0.05, 0.1) is 10.9 Å². The number of rotatable bonds is 16. The number of alkyl halides is 2. The molecule has 0 aromatic rings. The van der Waals surface area contributed by atoms with E-state index < -0.39 is 4.51 Å². The zero-order chi connectivity index (χ0) is 20.9.